The third-order valence-electron chi connectivity index (χ3n) is 4.05. The first-order valence-corrected chi connectivity index (χ1v) is 7.81. The summed E-state index contributed by atoms with van der Waals surface area (Å²) < 4.78 is 5.88. The fourth-order valence-electron chi connectivity index (χ4n) is 3.21. The Bertz CT molecular complexity index is 227. The SMILES string of the molecule is CC(C)CC1CN(CC2CCCCO2)CCCN1. The van der Waals surface area contributed by atoms with Crippen LogP contribution in [0.25, 0.3) is 0 Å². The molecule has 0 aromatic carbocycles. The van der Waals surface area contributed by atoms with Crippen molar-refractivity contribution in [3.05, 3.63) is 0 Å². The molecular weight excluding hydrogens is 224 g/mol. The monoisotopic (exact) mass is 254 g/mol. The molecule has 2 atom stereocenters. The molecule has 3 heteroatoms. The molecule has 0 spiro atoms. The molecule has 3 nitrogen and oxygen atoms in total. The molecule has 0 aromatic heterocycles. The summed E-state index contributed by atoms with van der Waals surface area (Å²) in [7, 11) is 0. The zero-order chi connectivity index (χ0) is 12.8. The van der Waals surface area contributed by atoms with Crippen LogP contribution in [0.4, 0.5) is 0 Å². The molecular formula is C15H30N2O. The summed E-state index contributed by atoms with van der Waals surface area (Å²) in [6.45, 7) is 10.4. The number of hydrogen-bond donors (Lipinski definition) is 1. The number of ether oxygens (including phenoxy) is 1. The summed E-state index contributed by atoms with van der Waals surface area (Å²) in [6, 6.07) is 0.677. The van der Waals surface area contributed by atoms with Gasteiger partial charge >= 0.3 is 0 Å². The van der Waals surface area contributed by atoms with Gasteiger partial charge in [-0.05, 0) is 51.1 Å². The fraction of sp³-hybridized carbons (Fsp3) is 1.00. The predicted molar refractivity (Wildman–Crippen MR) is 75.9 cm³/mol. The molecule has 0 radical (unpaired) electrons. The molecule has 1 N–H and O–H groups in total. The first-order valence-electron chi connectivity index (χ1n) is 7.81. The molecule has 0 amide bonds. The van der Waals surface area contributed by atoms with Crippen molar-refractivity contribution in [2.24, 2.45) is 5.92 Å². The lowest BCUT2D eigenvalue weighted by Gasteiger charge is -2.31. The lowest BCUT2D eigenvalue weighted by atomic mass is 10.0. The van der Waals surface area contributed by atoms with Crippen LogP contribution in [0.1, 0.15) is 46.0 Å². The van der Waals surface area contributed by atoms with Crippen molar-refractivity contribution in [3.63, 3.8) is 0 Å². The van der Waals surface area contributed by atoms with Gasteiger partial charge in [-0.3, -0.25) is 4.90 Å². The van der Waals surface area contributed by atoms with Crippen LogP contribution in [0.5, 0.6) is 0 Å². The van der Waals surface area contributed by atoms with Gasteiger partial charge in [0.15, 0.2) is 0 Å². The van der Waals surface area contributed by atoms with Gasteiger partial charge in [0, 0.05) is 25.7 Å². The molecule has 2 saturated heterocycles. The molecule has 2 aliphatic rings. The van der Waals surface area contributed by atoms with E-state index in [2.05, 4.69) is 24.1 Å². The average molecular weight is 254 g/mol. The van der Waals surface area contributed by atoms with E-state index in [0.29, 0.717) is 12.1 Å². The Hall–Kier alpha value is -0.120. The Labute approximate surface area is 112 Å². The third-order valence-corrected chi connectivity index (χ3v) is 4.05. The molecule has 2 fully saturated rings. The topological polar surface area (TPSA) is 24.5 Å². The lowest BCUT2D eigenvalue weighted by molar-refractivity contribution is -0.00606. The summed E-state index contributed by atoms with van der Waals surface area (Å²) in [5, 5.41) is 3.70. The zero-order valence-corrected chi connectivity index (χ0v) is 12.2. The molecule has 0 bridgehead atoms. The van der Waals surface area contributed by atoms with Crippen molar-refractivity contribution in [2.45, 2.75) is 58.1 Å². The summed E-state index contributed by atoms with van der Waals surface area (Å²) in [6.07, 6.45) is 6.94. The maximum atomic E-state index is 5.88. The Morgan fingerprint density at radius 3 is 2.89 bits per heavy atom. The molecule has 2 rings (SSSR count). The maximum absolute atomic E-state index is 5.88. The predicted octanol–water partition coefficient (Wildman–Crippen LogP) is 2.27. The normalized spacial score (nSPS) is 31.5. The van der Waals surface area contributed by atoms with Gasteiger partial charge < -0.3 is 10.1 Å². The molecule has 0 aromatic rings. The highest BCUT2D eigenvalue weighted by molar-refractivity contribution is 4.79. The smallest absolute Gasteiger partial charge is 0.0702 e. The van der Waals surface area contributed by atoms with Gasteiger partial charge in [-0.15, -0.1) is 0 Å². The highest BCUT2D eigenvalue weighted by Crippen LogP contribution is 2.16. The van der Waals surface area contributed by atoms with Crippen molar-refractivity contribution >= 4 is 0 Å². The maximum Gasteiger partial charge on any atom is 0.0702 e. The van der Waals surface area contributed by atoms with E-state index in [-0.39, 0.29) is 0 Å². The Morgan fingerprint density at radius 1 is 1.28 bits per heavy atom. The highest BCUT2D eigenvalue weighted by atomic mass is 16.5. The molecule has 0 saturated carbocycles. The van der Waals surface area contributed by atoms with Gasteiger partial charge in [0.2, 0.25) is 0 Å². The van der Waals surface area contributed by atoms with Crippen LogP contribution in [0.2, 0.25) is 0 Å². The van der Waals surface area contributed by atoms with Crippen molar-refractivity contribution in [1.29, 1.82) is 0 Å². The van der Waals surface area contributed by atoms with Crippen LogP contribution < -0.4 is 5.32 Å². The Balaban J connectivity index is 1.78. The van der Waals surface area contributed by atoms with Gasteiger partial charge in [-0.25, -0.2) is 0 Å². The van der Waals surface area contributed by atoms with Gasteiger partial charge in [0.25, 0.3) is 0 Å². The van der Waals surface area contributed by atoms with E-state index in [1.807, 2.05) is 0 Å². The number of rotatable bonds is 4. The summed E-state index contributed by atoms with van der Waals surface area (Å²) in [5.74, 6) is 0.786. The molecule has 0 aliphatic carbocycles. The first-order chi connectivity index (χ1) is 8.74. The van der Waals surface area contributed by atoms with E-state index >= 15 is 0 Å². The van der Waals surface area contributed by atoms with E-state index in [0.717, 1.165) is 19.1 Å². The Morgan fingerprint density at radius 2 is 2.17 bits per heavy atom. The quantitative estimate of drug-likeness (QED) is 0.833. The second kappa shape index (κ2) is 7.46. The molecule has 2 aliphatic heterocycles. The lowest BCUT2D eigenvalue weighted by Crippen LogP contribution is -2.42. The van der Waals surface area contributed by atoms with E-state index in [1.54, 1.807) is 0 Å². The van der Waals surface area contributed by atoms with Gasteiger partial charge in [0.05, 0.1) is 6.10 Å². The van der Waals surface area contributed by atoms with Crippen molar-refractivity contribution in [2.75, 3.05) is 32.8 Å². The molecule has 2 unspecified atom stereocenters. The highest BCUT2D eigenvalue weighted by Gasteiger charge is 2.22. The van der Waals surface area contributed by atoms with Crippen LogP contribution in [0.15, 0.2) is 0 Å². The first kappa shape index (κ1) is 14.3. The number of nitrogens with one attached hydrogen (secondary N) is 1. The van der Waals surface area contributed by atoms with Gasteiger partial charge in [0.1, 0.15) is 0 Å². The summed E-state index contributed by atoms with van der Waals surface area (Å²) >= 11 is 0. The summed E-state index contributed by atoms with van der Waals surface area (Å²) in [4.78, 5) is 2.63. The van der Waals surface area contributed by atoms with Crippen molar-refractivity contribution < 1.29 is 4.74 Å². The number of hydrogen-bond acceptors (Lipinski definition) is 3. The molecule has 18 heavy (non-hydrogen) atoms. The van der Waals surface area contributed by atoms with Crippen LogP contribution in [0.3, 0.4) is 0 Å². The second-order valence-electron chi connectivity index (χ2n) is 6.38. The summed E-state index contributed by atoms with van der Waals surface area (Å²) in [5.41, 5.74) is 0. The largest absolute Gasteiger partial charge is 0.377 e. The van der Waals surface area contributed by atoms with E-state index < -0.39 is 0 Å². The number of nitrogens with zero attached hydrogens (tertiary/aromatic N) is 1. The minimum absolute atomic E-state index is 0.497. The standard InChI is InChI=1S/C15H30N2O/c1-13(2)10-14-11-17(8-5-7-16-14)12-15-6-3-4-9-18-15/h13-16H,3-12H2,1-2H3. The van der Waals surface area contributed by atoms with E-state index in [4.69, 9.17) is 4.74 Å². The third kappa shape index (κ3) is 4.87. The van der Waals surface area contributed by atoms with Crippen LogP contribution >= 0.6 is 0 Å². The minimum atomic E-state index is 0.497. The zero-order valence-electron chi connectivity index (χ0n) is 12.2. The minimum Gasteiger partial charge on any atom is -0.377 e. The van der Waals surface area contributed by atoms with Gasteiger partial charge in [-0.1, -0.05) is 13.8 Å². The van der Waals surface area contributed by atoms with Crippen molar-refractivity contribution in [3.8, 4) is 0 Å². The van der Waals surface area contributed by atoms with Crippen LogP contribution in [-0.2, 0) is 4.74 Å². The van der Waals surface area contributed by atoms with E-state index in [9.17, 15) is 0 Å². The van der Waals surface area contributed by atoms with Crippen molar-refractivity contribution in [1.82, 2.24) is 10.2 Å². The second-order valence-corrected chi connectivity index (χ2v) is 6.38. The van der Waals surface area contributed by atoms with Crippen LogP contribution in [-0.4, -0.2) is 49.8 Å². The average Bonchev–Trinajstić information content (AvgIpc) is 2.55. The molecule has 106 valence electrons. The van der Waals surface area contributed by atoms with Gasteiger partial charge in [-0.2, -0.15) is 0 Å². The fourth-order valence-corrected chi connectivity index (χ4v) is 3.21. The Kier molecular flexibility index (Phi) is 5.93. The molecule has 2 heterocycles. The van der Waals surface area contributed by atoms with E-state index in [1.165, 1.54) is 51.7 Å². The van der Waals surface area contributed by atoms with Crippen LogP contribution in [0, 0.1) is 5.92 Å².